The summed E-state index contributed by atoms with van der Waals surface area (Å²) in [6.45, 7) is 3.48. The van der Waals surface area contributed by atoms with Crippen molar-refractivity contribution in [2.75, 3.05) is 0 Å². The molecule has 1 N–H and O–H groups in total. The van der Waals surface area contributed by atoms with Gasteiger partial charge >= 0.3 is 6.18 Å². The standard InChI is InChI=1S/C29H31F3O3/c1-17(33)18-3-5-19(6-4-18)24-16-27(2)25(11-12-28(27,35)13-14-29(30,31)32)23-9-7-20-15-21(34)8-10-22(20)26(23)24/h3-6,13-15,23-25,35H,7-12,16H2,1-2H3/b14-13+/t23?,24-,25?,27+,28-/m1/s1. The molecule has 2 saturated carbocycles. The Hall–Kier alpha value is -2.47. The minimum atomic E-state index is -4.48. The summed E-state index contributed by atoms with van der Waals surface area (Å²) in [4.78, 5) is 24.0. The van der Waals surface area contributed by atoms with E-state index in [1.54, 1.807) is 18.2 Å². The molecule has 0 radical (unpaired) electrons. The van der Waals surface area contributed by atoms with E-state index in [1.165, 1.54) is 18.1 Å². The Morgan fingerprint density at radius 3 is 2.49 bits per heavy atom. The summed E-state index contributed by atoms with van der Waals surface area (Å²) >= 11 is 0. The summed E-state index contributed by atoms with van der Waals surface area (Å²) in [5, 5.41) is 11.6. The first-order valence-electron chi connectivity index (χ1n) is 12.5. The Morgan fingerprint density at radius 1 is 1.11 bits per heavy atom. The lowest BCUT2D eigenvalue weighted by atomic mass is 9.51. The molecule has 35 heavy (non-hydrogen) atoms. The van der Waals surface area contributed by atoms with Crippen molar-refractivity contribution in [3.63, 3.8) is 0 Å². The number of hydrogen-bond donors (Lipinski definition) is 1. The molecule has 0 aromatic heterocycles. The van der Waals surface area contributed by atoms with Gasteiger partial charge in [0.25, 0.3) is 0 Å². The number of allylic oxidation sites excluding steroid dienone is 5. The maximum absolute atomic E-state index is 13.1. The predicted octanol–water partition coefficient (Wildman–Crippen LogP) is 6.64. The zero-order valence-corrected chi connectivity index (χ0v) is 20.1. The van der Waals surface area contributed by atoms with Gasteiger partial charge in [0.05, 0.1) is 5.60 Å². The second-order valence-corrected chi connectivity index (χ2v) is 11.0. The summed E-state index contributed by atoms with van der Waals surface area (Å²) in [7, 11) is 0. The fourth-order valence-electron chi connectivity index (χ4n) is 7.45. The zero-order chi connectivity index (χ0) is 25.2. The zero-order valence-electron chi connectivity index (χ0n) is 20.1. The number of alkyl halides is 3. The topological polar surface area (TPSA) is 54.4 Å². The van der Waals surface area contributed by atoms with E-state index < -0.39 is 17.2 Å². The van der Waals surface area contributed by atoms with Gasteiger partial charge in [-0.1, -0.05) is 36.8 Å². The number of benzene rings is 1. The Kier molecular flexibility index (Phi) is 5.74. The van der Waals surface area contributed by atoms with Crippen molar-refractivity contribution in [1.82, 2.24) is 0 Å². The van der Waals surface area contributed by atoms with Crippen molar-refractivity contribution in [3.8, 4) is 0 Å². The SMILES string of the molecule is CC(=O)c1ccc([C@H]2C[C@@]3(C)C(CC[C@@]3(O)/C=C/C(F)(F)F)C3CCC4=CC(=O)CCC4=C32)cc1. The van der Waals surface area contributed by atoms with E-state index >= 15 is 0 Å². The van der Waals surface area contributed by atoms with Crippen LogP contribution in [0.15, 0.2) is 59.2 Å². The molecule has 2 unspecified atom stereocenters. The second kappa shape index (κ2) is 8.29. The van der Waals surface area contributed by atoms with Gasteiger partial charge in [0.1, 0.15) is 0 Å². The van der Waals surface area contributed by atoms with E-state index in [0.717, 1.165) is 30.1 Å². The van der Waals surface area contributed by atoms with Crippen molar-refractivity contribution in [2.45, 2.75) is 76.5 Å². The molecule has 4 aliphatic rings. The van der Waals surface area contributed by atoms with Crippen LogP contribution in [0.3, 0.4) is 0 Å². The predicted molar refractivity (Wildman–Crippen MR) is 127 cm³/mol. The molecule has 5 rings (SSSR count). The largest absolute Gasteiger partial charge is 0.409 e. The van der Waals surface area contributed by atoms with Crippen LogP contribution in [-0.4, -0.2) is 28.5 Å². The third-order valence-electron chi connectivity index (χ3n) is 9.22. The second-order valence-electron chi connectivity index (χ2n) is 11.0. The maximum Gasteiger partial charge on any atom is 0.409 e. The molecule has 6 heteroatoms. The highest BCUT2D eigenvalue weighted by Gasteiger charge is 2.62. The number of ketones is 2. The number of carbonyl (C=O) groups excluding carboxylic acids is 2. The van der Waals surface area contributed by atoms with E-state index in [1.807, 2.05) is 19.1 Å². The van der Waals surface area contributed by atoms with Gasteiger partial charge in [0.15, 0.2) is 11.6 Å². The average molecular weight is 485 g/mol. The van der Waals surface area contributed by atoms with Crippen molar-refractivity contribution in [1.29, 1.82) is 0 Å². The lowest BCUT2D eigenvalue weighted by Gasteiger charge is -2.54. The third-order valence-corrected chi connectivity index (χ3v) is 9.22. The van der Waals surface area contributed by atoms with Crippen LogP contribution in [0.1, 0.15) is 80.6 Å². The van der Waals surface area contributed by atoms with Crippen LogP contribution >= 0.6 is 0 Å². The minimum Gasteiger partial charge on any atom is -0.385 e. The molecular weight excluding hydrogens is 453 g/mol. The van der Waals surface area contributed by atoms with Gasteiger partial charge in [-0.3, -0.25) is 9.59 Å². The van der Waals surface area contributed by atoms with E-state index in [-0.39, 0.29) is 35.4 Å². The summed E-state index contributed by atoms with van der Waals surface area (Å²) in [5.74, 6) is 0.263. The highest BCUT2D eigenvalue weighted by molar-refractivity contribution is 5.94. The number of Topliss-reactive ketones (excluding diaryl/α,β-unsaturated/α-hetero) is 1. The molecule has 0 aliphatic heterocycles. The van der Waals surface area contributed by atoms with E-state index in [0.29, 0.717) is 37.7 Å². The molecule has 4 aliphatic carbocycles. The first-order valence-corrected chi connectivity index (χ1v) is 12.5. The molecule has 5 atom stereocenters. The fourth-order valence-corrected chi connectivity index (χ4v) is 7.45. The molecule has 0 amide bonds. The molecule has 186 valence electrons. The van der Waals surface area contributed by atoms with E-state index in [9.17, 15) is 27.9 Å². The highest BCUT2D eigenvalue weighted by atomic mass is 19.4. The number of carbonyl (C=O) groups is 2. The Labute approximate surface area is 203 Å². The van der Waals surface area contributed by atoms with Crippen LogP contribution < -0.4 is 0 Å². The molecule has 1 aromatic carbocycles. The number of halogens is 3. The normalized spacial score (nSPS) is 35.0. The van der Waals surface area contributed by atoms with Gasteiger partial charge in [-0.05, 0) is 86.1 Å². The van der Waals surface area contributed by atoms with E-state index in [2.05, 4.69) is 0 Å². The van der Waals surface area contributed by atoms with Crippen LogP contribution in [0.25, 0.3) is 0 Å². The lowest BCUT2D eigenvalue weighted by Crippen LogP contribution is -2.50. The quantitative estimate of drug-likeness (QED) is 0.387. The Balaban J connectivity index is 1.64. The van der Waals surface area contributed by atoms with Crippen LogP contribution in [0.5, 0.6) is 0 Å². The van der Waals surface area contributed by atoms with Crippen molar-refractivity contribution in [3.05, 3.63) is 70.3 Å². The first-order chi connectivity index (χ1) is 16.4. The van der Waals surface area contributed by atoms with Crippen molar-refractivity contribution >= 4 is 11.6 Å². The average Bonchev–Trinajstić information content (AvgIpc) is 3.07. The first kappa shape index (κ1) is 24.2. The summed E-state index contributed by atoms with van der Waals surface area (Å²) in [6, 6.07) is 7.50. The van der Waals surface area contributed by atoms with E-state index in [4.69, 9.17) is 0 Å². The smallest absolute Gasteiger partial charge is 0.385 e. The molecule has 1 aromatic rings. The lowest BCUT2D eigenvalue weighted by molar-refractivity contribution is -0.114. The Morgan fingerprint density at radius 2 is 1.83 bits per heavy atom. The number of rotatable bonds is 3. The van der Waals surface area contributed by atoms with Gasteiger partial charge in [0, 0.05) is 29.4 Å². The highest BCUT2D eigenvalue weighted by Crippen LogP contribution is 2.67. The molecule has 3 nitrogen and oxygen atoms in total. The van der Waals surface area contributed by atoms with Crippen LogP contribution in [0.4, 0.5) is 13.2 Å². The molecule has 2 fully saturated rings. The van der Waals surface area contributed by atoms with Gasteiger partial charge in [0.2, 0.25) is 0 Å². The maximum atomic E-state index is 13.1. The fraction of sp³-hybridized carbons (Fsp3) is 0.517. The molecule has 0 heterocycles. The minimum absolute atomic E-state index is 0.0248. The van der Waals surface area contributed by atoms with Crippen molar-refractivity contribution in [2.24, 2.45) is 17.3 Å². The van der Waals surface area contributed by atoms with Crippen LogP contribution in [-0.2, 0) is 4.79 Å². The molecule has 0 saturated heterocycles. The van der Waals surface area contributed by atoms with Crippen LogP contribution in [0.2, 0.25) is 0 Å². The van der Waals surface area contributed by atoms with Gasteiger partial charge in [-0.2, -0.15) is 13.2 Å². The summed E-state index contributed by atoms with van der Waals surface area (Å²) < 4.78 is 39.3. The van der Waals surface area contributed by atoms with Crippen LogP contribution in [0, 0.1) is 17.3 Å². The number of fused-ring (bicyclic) bond motifs is 4. The van der Waals surface area contributed by atoms with Crippen molar-refractivity contribution < 1.29 is 27.9 Å². The van der Waals surface area contributed by atoms with Gasteiger partial charge in [-0.15, -0.1) is 0 Å². The molecule has 0 spiro atoms. The summed E-state index contributed by atoms with van der Waals surface area (Å²) in [6.07, 6.45) is 2.78. The number of hydrogen-bond acceptors (Lipinski definition) is 3. The third kappa shape index (κ3) is 4.04. The van der Waals surface area contributed by atoms with Gasteiger partial charge in [-0.25, -0.2) is 0 Å². The number of aliphatic hydroxyl groups is 1. The Bertz CT molecular complexity index is 1160. The van der Waals surface area contributed by atoms with Gasteiger partial charge < -0.3 is 5.11 Å². The molecular formula is C29H31F3O3. The summed E-state index contributed by atoms with van der Waals surface area (Å²) in [5.41, 5.74) is 3.00. The monoisotopic (exact) mass is 484 g/mol. The molecule has 0 bridgehead atoms.